The summed E-state index contributed by atoms with van der Waals surface area (Å²) in [7, 11) is 0. The normalized spacial score (nSPS) is 10.4. The number of nitrogens with zero attached hydrogens (tertiary/aromatic N) is 2. The lowest BCUT2D eigenvalue weighted by atomic mass is 10.2. The van der Waals surface area contributed by atoms with Gasteiger partial charge in [-0.3, -0.25) is 0 Å². The number of nitrogens with one attached hydrogen (secondary N) is 1. The van der Waals surface area contributed by atoms with Gasteiger partial charge in [-0.15, -0.1) is 0 Å². The molecule has 0 unspecified atom stereocenters. The summed E-state index contributed by atoms with van der Waals surface area (Å²) in [6.07, 6.45) is 2.23. The Balaban J connectivity index is 2.37. The molecule has 2 rings (SSSR count). The van der Waals surface area contributed by atoms with Crippen LogP contribution in [0.4, 0.5) is 11.5 Å². The van der Waals surface area contributed by atoms with E-state index in [2.05, 4.69) is 47.1 Å². The van der Waals surface area contributed by atoms with E-state index in [0.29, 0.717) is 5.15 Å². The Morgan fingerprint density at radius 2 is 2.06 bits per heavy atom. The summed E-state index contributed by atoms with van der Waals surface area (Å²) >= 11 is 13.0. The lowest BCUT2D eigenvalue weighted by Crippen LogP contribution is -2.01. The maximum atomic E-state index is 6.05. The summed E-state index contributed by atoms with van der Waals surface area (Å²) < 4.78 is 1.96. The van der Waals surface area contributed by atoms with Gasteiger partial charge in [0.2, 0.25) is 0 Å². The highest BCUT2D eigenvalue weighted by atomic mass is 79.9. The van der Waals surface area contributed by atoms with Crippen molar-refractivity contribution in [2.75, 3.05) is 5.32 Å². The average molecular weight is 391 g/mol. The molecule has 1 N–H and O–H groups in total. The van der Waals surface area contributed by atoms with Crippen molar-refractivity contribution >= 4 is 55.0 Å². The first-order valence-corrected chi connectivity index (χ1v) is 7.29. The standard InChI is InChI=1S/C12H10Br2ClN3/c1-2-8-11(15)16-6-17-12(8)18-10-4-3-7(13)5-9(10)14/h3-6H,2H2,1H3,(H,16,17,18). The van der Waals surface area contributed by atoms with Gasteiger partial charge in [-0.05, 0) is 40.5 Å². The van der Waals surface area contributed by atoms with Gasteiger partial charge in [0.05, 0.1) is 5.69 Å². The van der Waals surface area contributed by atoms with Crippen molar-refractivity contribution in [3.05, 3.63) is 44.2 Å². The minimum Gasteiger partial charge on any atom is -0.339 e. The van der Waals surface area contributed by atoms with E-state index in [4.69, 9.17) is 11.6 Å². The van der Waals surface area contributed by atoms with Crippen LogP contribution in [0.2, 0.25) is 5.15 Å². The molecule has 0 bridgehead atoms. The van der Waals surface area contributed by atoms with E-state index >= 15 is 0 Å². The molecule has 0 aliphatic rings. The molecule has 94 valence electrons. The number of halogens is 3. The fourth-order valence-electron chi connectivity index (χ4n) is 1.53. The lowest BCUT2D eigenvalue weighted by Gasteiger charge is -2.12. The third kappa shape index (κ3) is 3.02. The molecule has 0 aliphatic carbocycles. The molecular weight excluding hydrogens is 381 g/mol. The zero-order valence-electron chi connectivity index (χ0n) is 9.54. The fourth-order valence-corrected chi connectivity index (χ4v) is 2.94. The molecular formula is C12H10Br2ClN3. The van der Waals surface area contributed by atoms with Crippen molar-refractivity contribution in [3.63, 3.8) is 0 Å². The SMILES string of the molecule is CCc1c(Cl)ncnc1Nc1ccc(Br)cc1Br. The van der Waals surface area contributed by atoms with E-state index in [1.54, 1.807) is 0 Å². The first-order valence-electron chi connectivity index (χ1n) is 5.33. The molecule has 0 saturated carbocycles. The van der Waals surface area contributed by atoms with E-state index in [1.165, 1.54) is 6.33 Å². The second kappa shape index (κ2) is 5.99. The highest BCUT2D eigenvalue weighted by molar-refractivity contribution is 9.11. The Morgan fingerprint density at radius 3 is 2.72 bits per heavy atom. The predicted octanol–water partition coefficient (Wildman–Crippen LogP) is 4.96. The summed E-state index contributed by atoms with van der Waals surface area (Å²) in [6, 6.07) is 5.89. The number of hydrogen-bond donors (Lipinski definition) is 1. The molecule has 0 spiro atoms. The van der Waals surface area contributed by atoms with Crippen LogP contribution in [-0.4, -0.2) is 9.97 Å². The van der Waals surface area contributed by atoms with Crippen molar-refractivity contribution < 1.29 is 0 Å². The largest absolute Gasteiger partial charge is 0.339 e. The molecule has 3 nitrogen and oxygen atoms in total. The van der Waals surface area contributed by atoms with Gasteiger partial charge in [0.1, 0.15) is 17.3 Å². The summed E-state index contributed by atoms with van der Waals surface area (Å²) in [5, 5.41) is 3.75. The molecule has 1 aromatic heterocycles. The second-order valence-electron chi connectivity index (χ2n) is 3.59. The highest BCUT2D eigenvalue weighted by Gasteiger charge is 2.09. The van der Waals surface area contributed by atoms with Gasteiger partial charge in [-0.1, -0.05) is 34.5 Å². The molecule has 18 heavy (non-hydrogen) atoms. The molecule has 0 amide bonds. The molecule has 2 aromatic rings. The van der Waals surface area contributed by atoms with Gasteiger partial charge in [-0.25, -0.2) is 9.97 Å². The first-order chi connectivity index (χ1) is 8.61. The van der Waals surface area contributed by atoms with Crippen LogP contribution in [0.3, 0.4) is 0 Å². The van der Waals surface area contributed by atoms with Crippen molar-refractivity contribution in [3.8, 4) is 0 Å². The molecule has 1 aromatic carbocycles. The summed E-state index contributed by atoms with van der Waals surface area (Å²) in [4.78, 5) is 8.21. The quantitative estimate of drug-likeness (QED) is 0.752. The minimum atomic E-state index is 0.489. The zero-order valence-corrected chi connectivity index (χ0v) is 13.5. The van der Waals surface area contributed by atoms with Crippen molar-refractivity contribution in [2.24, 2.45) is 0 Å². The third-order valence-corrected chi connectivity index (χ3v) is 3.91. The number of hydrogen-bond acceptors (Lipinski definition) is 3. The number of benzene rings is 1. The van der Waals surface area contributed by atoms with Crippen molar-refractivity contribution in [2.45, 2.75) is 13.3 Å². The first kappa shape index (κ1) is 13.8. The Hall–Kier alpha value is -0.650. The van der Waals surface area contributed by atoms with Gasteiger partial charge in [-0.2, -0.15) is 0 Å². The molecule has 1 heterocycles. The highest BCUT2D eigenvalue weighted by Crippen LogP contribution is 2.30. The van der Waals surface area contributed by atoms with Crippen LogP contribution in [0.1, 0.15) is 12.5 Å². The van der Waals surface area contributed by atoms with E-state index in [-0.39, 0.29) is 0 Å². The third-order valence-electron chi connectivity index (χ3n) is 2.43. The number of rotatable bonds is 3. The Kier molecular flexibility index (Phi) is 4.59. The number of aromatic nitrogens is 2. The van der Waals surface area contributed by atoms with Gasteiger partial charge < -0.3 is 5.32 Å². The van der Waals surface area contributed by atoms with Crippen LogP contribution < -0.4 is 5.32 Å². The van der Waals surface area contributed by atoms with E-state index in [1.807, 2.05) is 25.1 Å². The molecule has 0 saturated heterocycles. The van der Waals surface area contributed by atoms with Gasteiger partial charge in [0.25, 0.3) is 0 Å². The Labute approximate surface area is 127 Å². The summed E-state index contributed by atoms with van der Waals surface area (Å²) in [5.41, 5.74) is 1.84. The maximum absolute atomic E-state index is 6.05. The molecule has 6 heteroatoms. The smallest absolute Gasteiger partial charge is 0.138 e. The van der Waals surface area contributed by atoms with E-state index in [0.717, 1.165) is 32.4 Å². The minimum absolute atomic E-state index is 0.489. The van der Waals surface area contributed by atoms with Crippen LogP contribution in [0.5, 0.6) is 0 Å². The molecule has 0 fully saturated rings. The fraction of sp³-hybridized carbons (Fsp3) is 0.167. The number of anilines is 2. The summed E-state index contributed by atoms with van der Waals surface area (Å²) in [6.45, 7) is 2.02. The molecule has 0 aliphatic heterocycles. The lowest BCUT2D eigenvalue weighted by molar-refractivity contribution is 1.05. The van der Waals surface area contributed by atoms with Gasteiger partial charge in [0, 0.05) is 14.5 Å². The Morgan fingerprint density at radius 1 is 1.28 bits per heavy atom. The second-order valence-corrected chi connectivity index (χ2v) is 5.72. The monoisotopic (exact) mass is 389 g/mol. The maximum Gasteiger partial charge on any atom is 0.138 e. The van der Waals surface area contributed by atoms with Crippen LogP contribution in [0.15, 0.2) is 33.5 Å². The van der Waals surface area contributed by atoms with Crippen molar-refractivity contribution in [1.29, 1.82) is 0 Å². The zero-order chi connectivity index (χ0) is 13.1. The van der Waals surface area contributed by atoms with E-state index < -0.39 is 0 Å². The van der Waals surface area contributed by atoms with Crippen LogP contribution in [0, 0.1) is 0 Å². The van der Waals surface area contributed by atoms with Gasteiger partial charge >= 0.3 is 0 Å². The van der Waals surface area contributed by atoms with Crippen molar-refractivity contribution in [1.82, 2.24) is 9.97 Å². The molecule has 0 radical (unpaired) electrons. The van der Waals surface area contributed by atoms with Crippen LogP contribution in [0.25, 0.3) is 0 Å². The predicted molar refractivity (Wildman–Crippen MR) is 81.5 cm³/mol. The Bertz CT molecular complexity index is 575. The van der Waals surface area contributed by atoms with Crippen LogP contribution >= 0.6 is 43.5 Å². The van der Waals surface area contributed by atoms with E-state index in [9.17, 15) is 0 Å². The topological polar surface area (TPSA) is 37.8 Å². The van der Waals surface area contributed by atoms with Crippen LogP contribution in [-0.2, 0) is 6.42 Å². The average Bonchev–Trinajstić information content (AvgIpc) is 2.33. The molecule has 0 atom stereocenters. The summed E-state index contributed by atoms with van der Waals surface area (Å²) in [5.74, 6) is 0.737. The van der Waals surface area contributed by atoms with Gasteiger partial charge in [0.15, 0.2) is 0 Å².